The number of nitrogens with zero attached hydrogens (tertiary/aromatic N) is 1. The summed E-state index contributed by atoms with van der Waals surface area (Å²) < 4.78 is 36.0. The Bertz CT molecular complexity index is 389. The zero-order valence-electron chi connectivity index (χ0n) is 10.9. The second kappa shape index (κ2) is 7.28. The van der Waals surface area contributed by atoms with E-state index in [9.17, 15) is 18.0 Å². The summed E-state index contributed by atoms with van der Waals surface area (Å²) in [5, 5.41) is 0. The minimum Gasteiger partial charge on any atom is -0.306 e. The zero-order valence-corrected chi connectivity index (χ0v) is 10.9. The van der Waals surface area contributed by atoms with Crippen molar-refractivity contribution in [3.63, 3.8) is 0 Å². The molecule has 0 bridgehead atoms. The predicted molar refractivity (Wildman–Crippen MR) is 68.2 cm³/mol. The molecular formula is C14H18F3NO. The van der Waals surface area contributed by atoms with Gasteiger partial charge in [-0.1, -0.05) is 30.3 Å². The third-order valence-corrected chi connectivity index (χ3v) is 2.82. The first-order valence-electron chi connectivity index (χ1n) is 6.22. The van der Waals surface area contributed by atoms with Crippen LogP contribution in [0.2, 0.25) is 0 Å². The van der Waals surface area contributed by atoms with Crippen LogP contribution in [0.15, 0.2) is 30.3 Å². The van der Waals surface area contributed by atoms with E-state index in [0.29, 0.717) is 24.9 Å². The fourth-order valence-electron chi connectivity index (χ4n) is 1.71. The van der Waals surface area contributed by atoms with Crippen LogP contribution in [0, 0.1) is 0 Å². The predicted octanol–water partition coefficient (Wildman–Crippen LogP) is 3.53. The van der Waals surface area contributed by atoms with E-state index in [4.69, 9.17) is 0 Å². The highest BCUT2D eigenvalue weighted by atomic mass is 19.4. The van der Waals surface area contributed by atoms with Gasteiger partial charge in [-0.3, -0.25) is 4.79 Å². The lowest BCUT2D eigenvalue weighted by Crippen LogP contribution is -2.25. The Balaban J connectivity index is 2.22. The third kappa shape index (κ3) is 6.96. The molecule has 0 aliphatic heterocycles. The quantitative estimate of drug-likeness (QED) is 0.708. The van der Waals surface area contributed by atoms with Crippen LogP contribution in [0.3, 0.4) is 0 Å². The van der Waals surface area contributed by atoms with Gasteiger partial charge in [0, 0.05) is 18.5 Å². The third-order valence-electron chi connectivity index (χ3n) is 2.82. The van der Waals surface area contributed by atoms with Crippen molar-refractivity contribution < 1.29 is 18.0 Å². The topological polar surface area (TPSA) is 20.3 Å². The van der Waals surface area contributed by atoms with Crippen molar-refractivity contribution in [2.24, 2.45) is 0 Å². The van der Waals surface area contributed by atoms with Gasteiger partial charge in [-0.05, 0) is 20.0 Å². The van der Waals surface area contributed by atoms with Gasteiger partial charge in [-0.2, -0.15) is 13.2 Å². The first-order valence-corrected chi connectivity index (χ1v) is 6.22. The van der Waals surface area contributed by atoms with Crippen molar-refractivity contribution in [3.8, 4) is 0 Å². The molecule has 0 saturated heterocycles. The number of carbonyl (C=O) groups is 1. The minimum absolute atomic E-state index is 0.0248. The van der Waals surface area contributed by atoms with E-state index in [-0.39, 0.29) is 12.3 Å². The summed E-state index contributed by atoms with van der Waals surface area (Å²) in [5.74, 6) is 0.0322. The molecule has 0 aliphatic rings. The summed E-state index contributed by atoms with van der Waals surface area (Å²) in [7, 11) is 1.64. The summed E-state index contributed by atoms with van der Waals surface area (Å²) >= 11 is 0. The molecule has 5 heteroatoms. The first-order chi connectivity index (χ1) is 8.88. The number of hydrogen-bond donors (Lipinski definition) is 0. The highest BCUT2D eigenvalue weighted by Crippen LogP contribution is 2.19. The number of Topliss-reactive ketones (excluding diaryl/α,β-unsaturated/α-hetero) is 1. The van der Waals surface area contributed by atoms with Gasteiger partial charge >= 0.3 is 6.18 Å². The Labute approximate surface area is 111 Å². The zero-order chi connectivity index (χ0) is 14.3. The number of halogens is 3. The molecule has 0 spiro atoms. The number of hydrogen-bond acceptors (Lipinski definition) is 2. The van der Waals surface area contributed by atoms with Crippen LogP contribution in [0.4, 0.5) is 13.2 Å². The molecule has 0 amide bonds. The molecule has 1 aromatic carbocycles. The van der Waals surface area contributed by atoms with Gasteiger partial charge in [-0.15, -0.1) is 0 Å². The maximum Gasteiger partial charge on any atom is 0.390 e. The largest absolute Gasteiger partial charge is 0.390 e. The summed E-state index contributed by atoms with van der Waals surface area (Å²) in [5.41, 5.74) is 0.653. The van der Waals surface area contributed by atoms with Crippen molar-refractivity contribution >= 4 is 5.78 Å². The molecule has 106 valence electrons. The molecule has 0 heterocycles. The number of rotatable bonds is 7. The van der Waals surface area contributed by atoms with Crippen LogP contribution >= 0.6 is 0 Å². The second-order valence-electron chi connectivity index (χ2n) is 4.56. The van der Waals surface area contributed by atoms with E-state index in [1.165, 1.54) is 0 Å². The monoisotopic (exact) mass is 273 g/mol. The van der Waals surface area contributed by atoms with E-state index in [2.05, 4.69) is 0 Å². The fourth-order valence-corrected chi connectivity index (χ4v) is 1.71. The average Bonchev–Trinajstić information content (AvgIpc) is 2.36. The average molecular weight is 273 g/mol. The lowest BCUT2D eigenvalue weighted by Gasteiger charge is -2.17. The smallest absolute Gasteiger partial charge is 0.306 e. The van der Waals surface area contributed by atoms with Gasteiger partial charge in [-0.25, -0.2) is 0 Å². The van der Waals surface area contributed by atoms with Gasteiger partial charge in [0.25, 0.3) is 0 Å². The Morgan fingerprint density at radius 2 is 1.79 bits per heavy atom. The van der Waals surface area contributed by atoms with Crippen molar-refractivity contribution in [1.82, 2.24) is 4.90 Å². The van der Waals surface area contributed by atoms with Crippen LogP contribution in [0.5, 0.6) is 0 Å². The van der Waals surface area contributed by atoms with E-state index < -0.39 is 12.6 Å². The molecule has 2 nitrogen and oxygen atoms in total. The molecule has 0 aliphatic carbocycles. The molecule has 0 fully saturated rings. The van der Waals surface area contributed by atoms with Gasteiger partial charge < -0.3 is 4.90 Å². The molecule has 1 aromatic rings. The Hall–Kier alpha value is -1.36. The fraction of sp³-hybridized carbons (Fsp3) is 0.500. The van der Waals surface area contributed by atoms with Gasteiger partial charge in [0.2, 0.25) is 0 Å². The van der Waals surface area contributed by atoms with Crippen molar-refractivity contribution in [1.29, 1.82) is 0 Å². The summed E-state index contributed by atoms with van der Waals surface area (Å²) in [6, 6.07) is 8.92. The van der Waals surface area contributed by atoms with Gasteiger partial charge in [0.1, 0.15) is 0 Å². The number of alkyl halides is 3. The van der Waals surface area contributed by atoms with Crippen molar-refractivity contribution in [2.75, 3.05) is 20.1 Å². The molecular weight excluding hydrogens is 255 g/mol. The first kappa shape index (κ1) is 15.7. The Morgan fingerprint density at radius 1 is 1.16 bits per heavy atom. The van der Waals surface area contributed by atoms with Crippen LogP contribution in [-0.2, 0) is 0 Å². The minimum atomic E-state index is -4.12. The SMILES string of the molecule is CN(CCCC(=O)c1ccccc1)CCC(F)(F)F. The summed E-state index contributed by atoms with van der Waals surface area (Å²) in [6.45, 7) is 0.470. The van der Waals surface area contributed by atoms with Crippen LogP contribution in [-0.4, -0.2) is 37.0 Å². The van der Waals surface area contributed by atoms with Crippen molar-refractivity contribution in [2.45, 2.75) is 25.4 Å². The highest BCUT2D eigenvalue weighted by Gasteiger charge is 2.26. The van der Waals surface area contributed by atoms with E-state index in [0.717, 1.165) is 0 Å². The van der Waals surface area contributed by atoms with E-state index >= 15 is 0 Å². The number of ketones is 1. The normalized spacial score (nSPS) is 11.8. The standard InChI is InChI=1S/C14H18F3NO/c1-18(11-9-14(15,16)17)10-5-8-13(19)12-6-3-2-4-7-12/h2-4,6-7H,5,8-11H2,1H3. The highest BCUT2D eigenvalue weighted by molar-refractivity contribution is 5.95. The van der Waals surface area contributed by atoms with Crippen LogP contribution in [0.1, 0.15) is 29.6 Å². The second-order valence-corrected chi connectivity index (χ2v) is 4.56. The van der Waals surface area contributed by atoms with Crippen molar-refractivity contribution in [3.05, 3.63) is 35.9 Å². The summed E-state index contributed by atoms with van der Waals surface area (Å²) in [4.78, 5) is 13.3. The molecule has 0 saturated carbocycles. The Morgan fingerprint density at radius 3 is 2.37 bits per heavy atom. The maximum atomic E-state index is 12.0. The van der Waals surface area contributed by atoms with Crippen LogP contribution < -0.4 is 0 Å². The Kier molecular flexibility index (Phi) is 6.02. The molecule has 0 unspecified atom stereocenters. The van der Waals surface area contributed by atoms with Gasteiger partial charge in [0.15, 0.2) is 5.78 Å². The lowest BCUT2D eigenvalue weighted by molar-refractivity contribution is -0.137. The van der Waals surface area contributed by atoms with Crippen LogP contribution in [0.25, 0.3) is 0 Å². The van der Waals surface area contributed by atoms with Gasteiger partial charge in [0.05, 0.1) is 6.42 Å². The number of carbonyl (C=O) groups excluding carboxylic acids is 1. The molecule has 0 atom stereocenters. The molecule has 1 rings (SSSR count). The maximum absolute atomic E-state index is 12.0. The molecule has 19 heavy (non-hydrogen) atoms. The van der Waals surface area contributed by atoms with E-state index in [1.54, 1.807) is 36.2 Å². The van der Waals surface area contributed by atoms with E-state index in [1.807, 2.05) is 6.07 Å². The molecule has 0 N–H and O–H groups in total. The molecule has 0 radical (unpaired) electrons. The summed E-state index contributed by atoms with van der Waals surface area (Å²) in [6.07, 6.45) is -3.99. The number of benzene rings is 1. The molecule has 0 aromatic heterocycles. The lowest BCUT2D eigenvalue weighted by atomic mass is 10.1.